The SMILES string of the molecule is CC1(C)c2ccccc2-c2cc(-c3ccc(N(c4ccc(-c5ccccc5)cc4)c4ccc(-c5ccc6c(c5)-c5ccccc5C6(C)C)cc4)cc3)ccc21.CC1(C)c2ccccc2-c2cc(-c3ccc(N(c4ccccc4)c4ccc(-c5ccc6c(c5)-c5ccccc5C6(C)C)cc4)cc3)ccc21.c1ccc(N(c2ccc(-c3ccc4sc5ccccc5c4c3)cc2)c2ccc(-c3ccc4sc5ccccc5c4c3)cc2)cc1. The lowest BCUT2D eigenvalue weighted by Gasteiger charge is -2.26. The third-order valence-corrected chi connectivity index (χ3v) is 34.4. The van der Waals surface area contributed by atoms with Crippen molar-refractivity contribution in [3.63, 3.8) is 0 Å². The largest absolute Gasteiger partial charge is 0.311 e. The van der Waals surface area contributed by atoms with Crippen LogP contribution in [0.1, 0.15) is 99.9 Å². The van der Waals surface area contributed by atoms with Crippen LogP contribution in [-0.4, -0.2) is 0 Å². The number of fused-ring (bicyclic) bond motifs is 18. The molecule has 0 saturated carbocycles. The molecule has 0 saturated heterocycles. The van der Waals surface area contributed by atoms with Crippen LogP contribution in [-0.2, 0) is 21.7 Å². The van der Waals surface area contributed by atoms with E-state index in [1.54, 1.807) is 0 Å². The van der Waals surface area contributed by atoms with Crippen molar-refractivity contribution >= 4 is 114 Å². The van der Waals surface area contributed by atoms with Crippen molar-refractivity contribution in [3.8, 4) is 122 Å². The second-order valence-corrected chi connectivity index (χ2v) is 44.4. The second kappa shape index (κ2) is 37.0. The number of thiophene rings is 2. The van der Waals surface area contributed by atoms with Gasteiger partial charge < -0.3 is 14.7 Å². The number of anilines is 9. The summed E-state index contributed by atoms with van der Waals surface area (Å²) in [6, 6.07) is 189. The summed E-state index contributed by atoms with van der Waals surface area (Å²) in [6.45, 7) is 18.7. The van der Waals surface area contributed by atoms with Gasteiger partial charge in [-0.15, -0.1) is 22.7 Å². The zero-order valence-electron chi connectivity index (χ0n) is 84.7. The summed E-state index contributed by atoms with van der Waals surface area (Å²) in [5.41, 5.74) is 49.4. The van der Waals surface area contributed by atoms with Crippen molar-refractivity contribution in [3.05, 3.63) is 560 Å². The summed E-state index contributed by atoms with van der Waals surface area (Å²) >= 11 is 3.72. The number of rotatable bonds is 16. The van der Waals surface area contributed by atoms with Crippen LogP contribution >= 0.6 is 22.7 Å². The van der Waals surface area contributed by atoms with E-state index in [0.29, 0.717) is 0 Å². The van der Waals surface area contributed by atoms with Gasteiger partial charge in [0.1, 0.15) is 0 Å². The summed E-state index contributed by atoms with van der Waals surface area (Å²) in [5.74, 6) is 0. The average molecular weight is 1950 g/mol. The molecule has 0 N–H and O–H groups in total. The zero-order chi connectivity index (χ0) is 100. The molecule has 0 amide bonds. The van der Waals surface area contributed by atoms with Gasteiger partial charge >= 0.3 is 0 Å². The fourth-order valence-electron chi connectivity index (χ4n) is 24.2. The molecule has 0 radical (unpaired) electrons. The Morgan fingerprint density at radius 1 is 0.128 bits per heavy atom. The molecule has 0 bridgehead atoms. The molecule has 0 aliphatic heterocycles. The van der Waals surface area contributed by atoms with E-state index in [9.17, 15) is 0 Å². The highest BCUT2D eigenvalue weighted by atomic mass is 32.1. The Hall–Kier alpha value is -17.3. The van der Waals surface area contributed by atoms with Crippen LogP contribution in [0, 0.1) is 0 Å². The van der Waals surface area contributed by atoms with E-state index in [-0.39, 0.29) is 21.7 Å². The molecule has 2 aromatic heterocycles. The van der Waals surface area contributed by atoms with Gasteiger partial charge in [-0.05, 0) is 337 Å². The van der Waals surface area contributed by atoms with Gasteiger partial charge in [-0.2, -0.15) is 0 Å². The smallest absolute Gasteiger partial charge is 0.0462 e. The minimum Gasteiger partial charge on any atom is -0.311 e. The van der Waals surface area contributed by atoms with E-state index in [1.807, 2.05) is 22.7 Å². The van der Waals surface area contributed by atoms with Gasteiger partial charge in [0, 0.05) is 113 Å². The first kappa shape index (κ1) is 91.6. The zero-order valence-corrected chi connectivity index (χ0v) is 86.4. The Morgan fingerprint density at radius 2 is 0.302 bits per heavy atom. The average Bonchev–Trinajstić information content (AvgIpc) is 1.58. The maximum Gasteiger partial charge on any atom is 0.0462 e. The molecular weight excluding hydrogens is 1840 g/mol. The Bertz CT molecular complexity index is 8800. The summed E-state index contributed by atoms with van der Waals surface area (Å²) in [6.07, 6.45) is 0. The molecule has 0 unspecified atom stereocenters. The first-order valence-electron chi connectivity index (χ1n) is 52.0. The predicted octanol–water partition coefficient (Wildman–Crippen LogP) is 41.1. The summed E-state index contributed by atoms with van der Waals surface area (Å²) < 4.78 is 5.34. The quantitative estimate of drug-likeness (QED) is 0.0955. The molecule has 4 aliphatic rings. The molecular formula is C144H109N3S2. The van der Waals surface area contributed by atoms with Crippen LogP contribution in [0.2, 0.25) is 0 Å². The molecule has 0 atom stereocenters. The van der Waals surface area contributed by atoms with E-state index in [2.05, 4.69) is 586 Å². The Kier molecular flexibility index (Phi) is 22.8. The van der Waals surface area contributed by atoms with Crippen molar-refractivity contribution in [1.82, 2.24) is 0 Å². The summed E-state index contributed by atoms with van der Waals surface area (Å²) in [4.78, 5) is 7.04. The third-order valence-electron chi connectivity index (χ3n) is 32.1. The molecule has 2 heterocycles. The normalized spacial score (nSPS) is 13.4. The molecule has 712 valence electrons. The Labute approximate surface area is 881 Å². The lowest BCUT2D eigenvalue weighted by Crippen LogP contribution is -2.14. The highest BCUT2D eigenvalue weighted by Crippen LogP contribution is 2.56. The van der Waals surface area contributed by atoms with Crippen LogP contribution < -0.4 is 14.7 Å². The minimum absolute atomic E-state index is 0.00328. The van der Waals surface area contributed by atoms with Gasteiger partial charge in [0.2, 0.25) is 0 Å². The molecule has 28 rings (SSSR count). The van der Waals surface area contributed by atoms with E-state index in [1.165, 1.54) is 207 Å². The third kappa shape index (κ3) is 16.3. The van der Waals surface area contributed by atoms with Gasteiger partial charge in [0.25, 0.3) is 0 Å². The predicted molar refractivity (Wildman–Crippen MR) is 637 cm³/mol. The van der Waals surface area contributed by atoms with Gasteiger partial charge in [-0.25, -0.2) is 0 Å². The maximum atomic E-state index is 2.38. The van der Waals surface area contributed by atoms with Crippen molar-refractivity contribution in [1.29, 1.82) is 0 Å². The molecule has 4 aliphatic carbocycles. The van der Waals surface area contributed by atoms with Crippen molar-refractivity contribution in [2.24, 2.45) is 0 Å². The van der Waals surface area contributed by atoms with Crippen LogP contribution in [0.5, 0.6) is 0 Å². The van der Waals surface area contributed by atoms with E-state index < -0.39 is 0 Å². The van der Waals surface area contributed by atoms with Crippen molar-refractivity contribution in [2.75, 3.05) is 14.7 Å². The molecule has 0 fully saturated rings. The maximum absolute atomic E-state index is 2.38. The number of para-hydroxylation sites is 2. The number of hydrogen-bond acceptors (Lipinski definition) is 5. The topological polar surface area (TPSA) is 9.72 Å². The number of hydrogen-bond donors (Lipinski definition) is 0. The first-order chi connectivity index (χ1) is 72.9. The molecule has 24 aromatic rings. The molecule has 5 heteroatoms. The van der Waals surface area contributed by atoms with Crippen LogP contribution in [0.25, 0.3) is 163 Å². The van der Waals surface area contributed by atoms with Gasteiger partial charge in [0.05, 0.1) is 0 Å². The van der Waals surface area contributed by atoms with Crippen LogP contribution in [0.4, 0.5) is 51.2 Å². The lowest BCUT2D eigenvalue weighted by molar-refractivity contribution is 0.660. The molecule has 149 heavy (non-hydrogen) atoms. The van der Waals surface area contributed by atoms with Crippen molar-refractivity contribution < 1.29 is 0 Å². The molecule has 3 nitrogen and oxygen atoms in total. The number of nitrogens with zero attached hydrogens (tertiary/aromatic N) is 3. The van der Waals surface area contributed by atoms with Gasteiger partial charge in [0.15, 0.2) is 0 Å². The van der Waals surface area contributed by atoms with Crippen LogP contribution in [0.15, 0.2) is 516 Å². The summed E-state index contributed by atoms with van der Waals surface area (Å²) in [7, 11) is 0. The van der Waals surface area contributed by atoms with Gasteiger partial charge in [-0.1, -0.05) is 401 Å². The Balaban J connectivity index is 0.000000113. The van der Waals surface area contributed by atoms with E-state index in [0.717, 1.165) is 51.2 Å². The second-order valence-electron chi connectivity index (χ2n) is 42.2. The summed E-state index contributed by atoms with van der Waals surface area (Å²) in [5, 5.41) is 5.32. The molecule has 0 spiro atoms. The highest BCUT2D eigenvalue weighted by molar-refractivity contribution is 7.26. The van der Waals surface area contributed by atoms with Gasteiger partial charge in [-0.3, -0.25) is 0 Å². The Morgan fingerprint density at radius 3 is 0.564 bits per heavy atom. The monoisotopic (exact) mass is 1940 g/mol. The van der Waals surface area contributed by atoms with Crippen molar-refractivity contribution in [2.45, 2.75) is 77.0 Å². The number of benzene rings is 22. The van der Waals surface area contributed by atoms with E-state index >= 15 is 0 Å². The molecule has 22 aromatic carbocycles. The standard InChI is InChI=1S/C54H43N.C48H39N.C42H27NS2/c1-53(2)49-16-10-8-14-45(49)47-34-40(24-32-51(47)53)38-20-28-43(29-21-38)55(42-26-18-37(19-27-42)36-12-6-5-7-13-36)44-30-22-39(23-31-44)41-25-33-52-48(35-41)46-15-9-11-17-50(46)54(52,3)4;1-47(2)43-16-10-8-14-39(43)41-30-34(22-28-45(41)47)32-18-24-37(25-19-32)49(36-12-6-5-7-13-36)38-26-20-33(21-27-38)35-23-29-46-42(31-35)40-15-9-11-17-44(40)48(46,3)4;1-2-8-32(9-3-1)43(33-20-14-28(15-21-33)30-18-24-41-37(26-30)35-10-4-6-12-39(35)44-41)34-22-16-29(17-23-34)31-19-25-42-38(27-31)36-11-5-7-13-40(36)45-42/h5-35H,1-4H3;5-31H,1-4H3;1-27H. The van der Waals surface area contributed by atoms with E-state index in [4.69, 9.17) is 0 Å². The highest BCUT2D eigenvalue weighted by Gasteiger charge is 2.40. The lowest BCUT2D eigenvalue weighted by atomic mass is 9.82. The minimum atomic E-state index is 0.00328. The fourth-order valence-corrected chi connectivity index (χ4v) is 26.3. The van der Waals surface area contributed by atoms with Crippen LogP contribution in [0.3, 0.4) is 0 Å². The fraction of sp³-hybridized carbons (Fsp3) is 0.0833. The first-order valence-corrected chi connectivity index (χ1v) is 53.6.